The van der Waals surface area contributed by atoms with Gasteiger partial charge in [-0.2, -0.15) is 0 Å². The molecule has 0 radical (unpaired) electrons. The highest BCUT2D eigenvalue weighted by Crippen LogP contribution is 2.36. The van der Waals surface area contributed by atoms with Crippen molar-refractivity contribution in [2.75, 3.05) is 0 Å². The number of thioether (sulfide) groups is 2. The van der Waals surface area contributed by atoms with Gasteiger partial charge in [-0.3, -0.25) is 29.8 Å². The first-order chi connectivity index (χ1) is 13.3. The van der Waals surface area contributed by atoms with E-state index in [1.165, 1.54) is 60.7 Å². The van der Waals surface area contributed by atoms with Crippen LogP contribution in [0.3, 0.4) is 0 Å². The van der Waals surface area contributed by atoms with Crippen LogP contribution in [0.15, 0.2) is 80.3 Å². The first-order valence-electron chi connectivity index (χ1n) is 7.70. The van der Waals surface area contributed by atoms with Crippen LogP contribution in [-0.4, -0.2) is 21.4 Å². The zero-order chi connectivity index (χ0) is 20.3. The first kappa shape index (κ1) is 19.5. The van der Waals surface area contributed by atoms with Crippen LogP contribution >= 0.6 is 23.5 Å². The summed E-state index contributed by atoms with van der Waals surface area (Å²) in [4.78, 5) is 46.6. The van der Waals surface area contributed by atoms with E-state index in [9.17, 15) is 29.8 Å². The third-order valence-electron chi connectivity index (χ3n) is 3.56. The summed E-state index contributed by atoms with van der Waals surface area (Å²) < 4.78 is 0. The van der Waals surface area contributed by atoms with Crippen molar-refractivity contribution in [3.05, 3.63) is 90.7 Å². The zero-order valence-electron chi connectivity index (χ0n) is 13.9. The molecule has 1 aliphatic carbocycles. The van der Waals surface area contributed by atoms with Crippen molar-refractivity contribution in [1.82, 2.24) is 0 Å². The number of rotatable bonds is 6. The van der Waals surface area contributed by atoms with Crippen LogP contribution in [0.4, 0.5) is 11.4 Å². The van der Waals surface area contributed by atoms with E-state index in [4.69, 9.17) is 0 Å². The maximum absolute atomic E-state index is 12.3. The van der Waals surface area contributed by atoms with Gasteiger partial charge in [0.05, 0.1) is 19.7 Å². The van der Waals surface area contributed by atoms with Crippen LogP contribution in [0.2, 0.25) is 0 Å². The van der Waals surface area contributed by atoms with E-state index >= 15 is 0 Å². The van der Waals surface area contributed by atoms with Gasteiger partial charge in [0.25, 0.3) is 11.4 Å². The number of carbonyl (C=O) groups excluding carboxylic acids is 2. The Morgan fingerprint density at radius 3 is 1.21 bits per heavy atom. The van der Waals surface area contributed by atoms with E-state index in [2.05, 4.69) is 0 Å². The Balaban J connectivity index is 1.70. The Kier molecular flexibility index (Phi) is 5.71. The molecule has 0 N–H and O–H groups in total. The smallest absolute Gasteiger partial charge is 0.269 e. The lowest BCUT2D eigenvalue weighted by atomic mass is 10.2. The van der Waals surface area contributed by atoms with Crippen molar-refractivity contribution in [1.29, 1.82) is 0 Å². The maximum atomic E-state index is 12.3. The molecule has 0 spiro atoms. The number of hydrogen-bond donors (Lipinski definition) is 0. The highest BCUT2D eigenvalue weighted by atomic mass is 32.2. The summed E-state index contributed by atoms with van der Waals surface area (Å²) in [5, 5.41) is 21.4. The van der Waals surface area contributed by atoms with Crippen LogP contribution < -0.4 is 0 Å². The molecule has 2 aromatic rings. The number of carbonyl (C=O) groups is 2. The fourth-order valence-electron chi connectivity index (χ4n) is 2.21. The predicted molar refractivity (Wildman–Crippen MR) is 104 cm³/mol. The van der Waals surface area contributed by atoms with Gasteiger partial charge in [-0.15, -0.1) is 0 Å². The van der Waals surface area contributed by atoms with Crippen molar-refractivity contribution in [2.24, 2.45) is 0 Å². The second-order valence-corrected chi connectivity index (χ2v) is 7.68. The minimum absolute atomic E-state index is 0.0638. The summed E-state index contributed by atoms with van der Waals surface area (Å²) in [6.07, 6.45) is 2.45. The van der Waals surface area contributed by atoms with E-state index in [1.807, 2.05) is 0 Å². The van der Waals surface area contributed by atoms with Crippen LogP contribution in [0.1, 0.15) is 0 Å². The minimum atomic E-state index is -0.520. The predicted octanol–water partition coefficient (Wildman–Crippen LogP) is 4.31. The molecular formula is C18H10N2O6S2. The van der Waals surface area contributed by atoms with Gasteiger partial charge >= 0.3 is 0 Å². The summed E-state index contributed by atoms with van der Waals surface area (Å²) >= 11 is 2.10. The molecule has 140 valence electrons. The van der Waals surface area contributed by atoms with Crippen molar-refractivity contribution in [3.63, 3.8) is 0 Å². The number of nitrogens with zero attached hydrogens (tertiary/aromatic N) is 2. The van der Waals surface area contributed by atoms with Gasteiger partial charge in [0.15, 0.2) is 11.6 Å². The fraction of sp³-hybridized carbons (Fsp3) is 0. The van der Waals surface area contributed by atoms with Gasteiger partial charge in [0.1, 0.15) is 0 Å². The third-order valence-corrected chi connectivity index (χ3v) is 5.65. The molecule has 0 heterocycles. The number of benzene rings is 2. The maximum Gasteiger partial charge on any atom is 0.269 e. The average molecular weight is 414 g/mol. The number of hydrogen-bond acceptors (Lipinski definition) is 8. The van der Waals surface area contributed by atoms with Gasteiger partial charge in [-0.1, -0.05) is 23.5 Å². The highest BCUT2D eigenvalue weighted by molar-refractivity contribution is 8.05. The van der Waals surface area contributed by atoms with Gasteiger partial charge in [0, 0.05) is 46.2 Å². The van der Waals surface area contributed by atoms with Crippen LogP contribution in [0.5, 0.6) is 0 Å². The van der Waals surface area contributed by atoms with Crippen molar-refractivity contribution in [2.45, 2.75) is 9.79 Å². The summed E-state index contributed by atoms with van der Waals surface area (Å²) in [6, 6.07) is 11.3. The molecule has 0 aliphatic heterocycles. The Morgan fingerprint density at radius 2 is 0.929 bits per heavy atom. The SMILES string of the molecule is O=C1C=C(Sc2ccc([N+](=O)[O-])cc2)C(=O)C=C1Sc1ccc([N+](=O)[O-])cc1. The Labute approximate surface area is 166 Å². The number of nitro benzene ring substituents is 2. The number of ketones is 2. The molecular weight excluding hydrogens is 404 g/mol. The van der Waals surface area contributed by atoms with Gasteiger partial charge in [0.2, 0.25) is 0 Å². The molecule has 1 aliphatic rings. The second kappa shape index (κ2) is 8.19. The van der Waals surface area contributed by atoms with Crippen LogP contribution in [-0.2, 0) is 9.59 Å². The standard InChI is InChI=1S/C18H10N2O6S2/c21-15-10-18(28-14-7-3-12(4-8-14)20(25)26)16(22)9-17(15)27-13-5-1-11(2-6-13)19(23)24/h1-10H. The van der Waals surface area contributed by atoms with Gasteiger partial charge in [-0.25, -0.2) is 0 Å². The Bertz CT molecular complexity index is 957. The van der Waals surface area contributed by atoms with Gasteiger partial charge in [-0.05, 0) is 24.3 Å². The minimum Gasteiger partial charge on any atom is -0.289 e. The molecule has 0 unspecified atom stereocenters. The van der Waals surface area contributed by atoms with E-state index in [1.54, 1.807) is 0 Å². The molecule has 10 heteroatoms. The summed E-state index contributed by atoms with van der Waals surface area (Å²) in [7, 11) is 0. The van der Waals surface area contributed by atoms with E-state index < -0.39 is 9.85 Å². The molecule has 0 saturated carbocycles. The number of non-ortho nitro benzene ring substituents is 2. The van der Waals surface area contributed by atoms with Crippen molar-refractivity contribution < 1.29 is 19.4 Å². The van der Waals surface area contributed by atoms with Crippen LogP contribution in [0, 0.1) is 20.2 Å². The van der Waals surface area contributed by atoms with Crippen LogP contribution in [0.25, 0.3) is 0 Å². The van der Waals surface area contributed by atoms with E-state index in [0.717, 1.165) is 23.5 Å². The first-order valence-corrected chi connectivity index (χ1v) is 9.33. The highest BCUT2D eigenvalue weighted by Gasteiger charge is 2.22. The van der Waals surface area contributed by atoms with Crippen molar-refractivity contribution in [3.8, 4) is 0 Å². The number of nitro groups is 2. The normalized spacial score (nSPS) is 13.7. The van der Waals surface area contributed by atoms with Gasteiger partial charge < -0.3 is 0 Å². The summed E-state index contributed by atoms with van der Waals surface area (Å²) in [5.41, 5.74) is -0.128. The lowest BCUT2D eigenvalue weighted by Gasteiger charge is -2.11. The average Bonchev–Trinajstić information content (AvgIpc) is 2.66. The molecule has 3 rings (SSSR count). The van der Waals surface area contributed by atoms with Crippen molar-refractivity contribution >= 4 is 46.5 Å². The monoisotopic (exact) mass is 414 g/mol. The summed E-state index contributed by atoms with van der Waals surface area (Å²) in [5.74, 6) is -0.709. The lowest BCUT2D eigenvalue weighted by Crippen LogP contribution is -2.09. The Morgan fingerprint density at radius 1 is 0.607 bits per heavy atom. The summed E-state index contributed by atoms with van der Waals surface area (Å²) in [6.45, 7) is 0. The molecule has 0 amide bonds. The molecule has 0 fully saturated rings. The topological polar surface area (TPSA) is 120 Å². The lowest BCUT2D eigenvalue weighted by molar-refractivity contribution is -0.385. The van der Waals surface area contributed by atoms with E-state index in [-0.39, 0.29) is 32.8 Å². The molecule has 8 nitrogen and oxygen atoms in total. The Hall–Kier alpha value is -3.24. The molecule has 0 aromatic heterocycles. The zero-order valence-corrected chi connectivity index (χ0v) is 15.6. The fourth-order valence-corrected chi connectivity index (χ4v) is 3.91. The molecule has 2 aromatic carbocycles. The molecule has 0 saturated heterocycles. The largest absolute Gasteiger partial charge is 0.289 e. The molecule has 0 bridgehead atoms. The molecule has 0 atom stereocenters. The third kappa shape index (κ3) is 4.53. The number of allylic oxidation sites excluding steroid dienone is 4. The second-order valence-electron chi connectivity index (χ2n) is 5.45. The molecule has 28 heavy (non-hydrogen) atoms. The quantitative estimate of drug-likeness (QED) is 0.389. The van der Waals surface area contributed by atoms with E-state index in [0.29, 0.717) is 9.79 Å².